The van der Waals surface area contributed by atoms with Gasteiger partial charge in [0, 0.05) is 12.8 Å². The Balaban J connectivity index is 1.82. The molecule has 5 nitrogen and oxygen atoms in total. The Kier molecular flexibility index (Phi) is 2.60. The molecule has 1 saturated carbocycles. The predicted octanol–water partition coefficient (Wildman–Crippen LogP) is 1.37. The standard InChI is InChI=1S/C9H14O5/c10-8(11)14-7-1-3-9(4-2-7)12-5-6-13-9/h7H,1-6H2,(H,10,11). The molecule has 2 aliphatic rings. The maximum Gasteiger partial charge on any atom is 0.506 e. The van der Waals surface area contributed by atoms with Crippen LogP contribution in [0.1, 0.15) is 25.7 Å². The fourth-order valence-electron chi connectivity index (χ4n) is 2.08. The van der Waals surface area contributed by atoms with E-state index in [1.807, 2.05) is 0 Å². The van der Waals surface area contributed by atoms with Crippen molar-refractivity contribution in [3.8, 4) is 0 Å². The second-order valence-electron chi connectivity index (χ2n) is 3.69. The van der Waals surface area contributed by atoms with Crippen LogP contribution in [-0.2, 0) is 14.2 Å². The van der Waals surface area contributed by atoms with E-state index in [4.69, 9.17) is 19.3 Å². The Labute approximate surface area is 81.9 Å². The molecule has 1 spiro atoms. The summed E-state index contributed by atoms with van der Waals surface area (Å²) < 4.78 is 15.7. The Hall–Kier alpha value is -0.810. The Morgan fingerprint density at radius 3 is 2.36 bits per heavy atom. The average molecular weight is 202 g/mol. The third-order valence-electron chi connectivity index (χ3n) is 2.78. The van der Waals surface area contributed by atoms with Gasteiger partial charge in [-0.05, 0) is 12.8 Å². The van der Waals surface area contributed by atoms with Crippen molar-refractivity contribution in [2.45, 2.75) is 37.6 Å². The van der Waals surface area contributed by atoms with Crippen molar-refractivity contribution in [2.75, 3.05) is 13.2 Å². The second kappa shape index (κ2) is 3.74. The SMILES string of the molecule is O=C(O)OC1CCC2(CC1)OCCO2. The van der Waals surface area contributed by atoms with Gasteiger partial charge in [0.2, 0.25) is 0 Å². The zero-order valence-corrected chi connectivity index (χ0v) is 7.90. The minimum atomic E-state index is -1.20. The summed E-state index contributed by atoms with van der Waals surface area (Å²) in [6.45, 7) is 1.29. The molecule has 2 rings (SSSR count). The molecule has 14 heavy (non-hydrogen) atoms. The molecule has 1 heterocycles. The number of hydrogen-bond donors (Lipinski definition) is 1. The maximum absolute atomic E-state index is 10.3. The summed E-state index contributed by atoms with van der Waals surface area (Å²) in [4.78, 5) is 10.3. The average Bonchev–Trinajstić information content (AvgIpc) is 2.58. The van der Waals surface area contributed by atoms with Crippen LogP contribution in [0.2, 0.25) is 0 Å². The molecule has 0 atom stereocenters. The molecule has 0 amide bonds. The smallest absolute Gasteiger partial charge is 0.450 e. The van der Waals surface area contributed by atoms with Crippen LogP contribution < -0.4 is 0 Å². The van der Waals surface area contributed by atoms with Gasteiger partial charge in [0.05, 0.1) is 13.2 Å². The van der Waals surface area contributed by atoms with Crippen LogP contribution in [0.3, 0.4) is 0 Å². The zero-order chi connectivity index (χ0) is 10.0. The van der Waals surface area contributed by atoms with Crippen LogP contribution in [0.4, 0.5) is 4.79 Å². The molecule has 1 N–H and O–H groups in total. The highest BCUT2D eigenvalue weighted by Gasteiger charge is 2.41. The van der Waals surface area contributed by atoms with Crippen molar-refractivity contribution >= 4 is 6.16 Å². The zero-order valence-electron chi connectivity index (χ0n) is 7.90. The lowest BCUT2D eigenvalue weighted by Crippen LogP contribution is -2.38. The van der Waals surface area contributed by atoms with E-state index in [2.05, 4.69) is 0 Å². The first kappa shape index (κ1) is 9.73. The van der Waals surface area contributed by atoms with E-state index in [1.54, 1.807) is 0 Å². The highest BCUT2D eigenvalue weighted by atomic mass is 16.7. The summed E-state index contributed by atoms with van der Waals surface area (Å²) >= 11 is 0. The Morgan fingerprint density at radius 2 is 1.86 bits per heavy atom. The quantitative estimate of drug-likeness (QED) is 0.650. The molecule has 1 aliphatic carbocycles. The van der Waals surface area contributed by atoms with Crippen LogP contribution in [0.25, 0.3) is 0 Å². The number of carboxylic acid groups (broad SMARTS) is 1. The van der Waals surface area contributed by atoms with E-state index in [0.717, 1.165) is 12.8 Å². The lowest BCUT2D eigenvalue weighted by atomic mass is 9.92. The van der Waals surface area contributed by atoms with Crippen LogP contribution in [-0.4, -0.2) is 36.4 Å². The third-order valence-corrected chi connectivity index (χ3v) is 2.78. The topological polar surface area (TPSA) is 65.0 Å². The Bertz CT molecular complexity index is 211. The first-order valence-corrected chi connectivity index (χ1v) is 4.88. The lowest BCUT2D eigenvalue weighted by molar-refractivity contribution is -0.188. The van der Waals surface area contributed by atoms with Crippen LogP contribution in [0, 0.1) is 0 Å². The third kappa shape index (κ3) is 1.99. The van der Waals surface area contributed by atoms with Gasteiger partial charge in [0.1, 0.15) is 6.10 Å². The van der Waals surface area contributed by atoms with Gasteiger partial charge in [-0.1, -0.05) is 0 Å². The lowest BCUT2D eigenvalue weighted by Gasteiger charge is -2.34. The van der Waals surface area contributed by atoms with Crippen molar-refractivity contribution in [1.29, 1.82) is 0 Å². The fourth-order valence-corrected chi connectivity index (χ4v) is 2.08. The predicted molar refractivity (Wildman–Crippen MR) is 46.0 cm³/mol. The van der Waals surface area contributed by atoms with Gasteiger partial charge in [-0.25, -0.2) is 4.79 Å². The molecule has 1 aliphatic heterocycles. The molecule has 0 bridgehead atoms. The summed E-state index contributed by atoms with van der Waals surface area (Å²) in [6, 6.07) is 0. The van der Waals surface area contributed by atoms with Crippen molar-refractivity contribution in [3.05, 3.63) is 0 Å². The molecule has 1 saturated heterocycles. The summed E-state index contributed by atoms with van der Waals surface area (Å²) in [6.07, 6.45) is 1.44. The van der Waals surface area contributed by atoms with E-state index in [1.165, 1.54) is 0 Å². The molecule has 0 aromatic carbocycles. The molecule has 2 fully saturated rings. The highest BCUT2D eigenvalue weighted by molar-refractivity contribution is 5.57. The summed E-state index contributed by atoms with van der Waals surface area (Å²) in [7, 11) is 0. The van der Waals surface area contributed by atoms with E-state index in [9.17, 15) is 4.79 Å². The van der Waals surface area contributed by atoms with Gasteiger partial charge in [-0.15, -0.1) is 0 Å². The second-order valence-corrected chi connectivity index (χ2v) is 3.69. The fraction of sp³-hybridized carbons (Fsp3) is 0.889. The Morgan fingerprint density at radius 1 is 1.29 bits per heavy atom. The monoisotopic (exact) mass is 202 g/mol. The van der Waals surface area contributed by atoms with Crippen molar-refractivity contribution in [1.82, 2.24) is 0 Å². The molecule has 80 valence electrons. The first-order chi connectivity index (χ1) is 6.70. The van der Waals surface area contributed by atoms with Crippen molar-refractivity contribution < 1.29 is 24.1 Å². The van der Waals surface area contributed by atoms with Gasteiger partial charge < -0.3 is 19.3 Å². The van der Waals surface area contributed by atoms with E-state index in [-0.39, 0.29) is 6.10 Å². The minimum absolute atomic E-state index is 0.189. The molecule has 0 unspecified atom stereocenters. The molecule has 0 aromatic heterocycles. The van der Waals surface area contributed by atoms with Gasteiger partial charge in [-0.2, -0.15) is 0 Å². The van der Waals surface area contributed by atoms with Gasteiger partial charge in [0.15, 0.2) is 5.79 Å². The van der Waals surface area contributed by atoms with E-state index >= 15 is 0 Å². The number of hydrogen-bond acceptors (Lipinski definition) is 4. The first-order valence-electron chi connectivity index (χ1n) is 4.88. The highest BCUT2D eigenvalue weighted by Crippen LogP contribution is 2.36. The van der Waals surface area contributed by atoms with E-state index < -0.39 is 11.9 Å². The molecule has 0 radical (unpaired) electrons. The maximum atomic E-state index is 10.3. The summed E-state index contributed by atoms with van der Waals surface area (Å²) in [5.41, 5.74) is 0. The normalized spacial score (nSPS) is 26.6. The van der Waals surface area contributed by atoms with Gasteiger partial charge >= 0.3 is 6.16 Å². The van der Waals surface area contributed by atoms with E-state index in [0.29, 0.717) is 26.1 Å². The van der Waals surface area contributed by atoms with Crippen LogP contribution in [0.5, 0.6) is 0 Å². The van der Waals surface area contributed by atoms with Crippen molar-refractivity contribution in [3.63, 3.8) is 0 Å². The molecular weight excluding hydrogens is 188 g/mol. The minimum Gasteiger partial charge on any atom is -0.450 e. The molecule has 0 aromatic rings. The van der Waals surface area contributed by atoms with Gasteiger partial charge in [-0.3, -0.25) is 0 Å². The summed E-state index contributed by atoms with van der Waals surface area (Å²) in [5, 5.41) is 8.44. The number of rotatable bonds is 1. The largest absolute Gasteiger partial charge is 0.506 e. The van der Waals surface area contributed by atoms with Crippen molar-refractivity contribution in [2.24, 2.45) is 0 Å². The summed E-state index contributed by atoms with van der Waals surface area (Å²) in [5.74, 6) is -0.432. The van der Waals surface area contributed by atoms with Crippen LogP contribution >= 0.6 is 0 Å². The molecular formula is C9H14O5. The van der Waals surface area contributed by atoms with Crippen LogP contribution in [0.15, 0.2) is 0 Å². The molecule has 5 heteroatoms. The number of ether oxygens (including phenoxy) is 3. The number of carbonyl (C=O) groups is 1. The van der Waals surface area contributed by atoms with Gasteiger partial charge in [0.25, 0.3) is 0 Å².